The van der Waals surface area contributed by atoms with Crippen LogP contribution in [-0.2, 0) is 23.9 Å². The van der Waals surface area contributed by atoms with E-state index in [4.69, 9.17) is 0 Å². The van der Waals surface area contributed by atoms with Gasteiger partial charge in [0, 0.05) is 6.92 Å². The van der Waals surface area contributed by atoms with Gasteiger partial charge in [-0.3, -0.25) is 14.4 Å². The standard InChI is InChI=1S/C9H14NO5.Cs/c1-4-14-8(12)7(10-6(3)11)9(13)15-5-2;/h4-5H2,1-3H3,(H,10,11);/q-1;+1. The van der Waals surface area contributed by atoms with E-state index < -0.39 is 23.9 Å². The molecule has 0 aromatic carbocycles. The average molecular weight is 349 g/mol. The molecule has 0 aliphatic heterocycles. The van der Waals surface area contributed by atoms with Crippen LogP contribution in [0.1, 0.15) is 20.8 Å². The Hall–Kier alpha value is 0.332. The van der Waals surface area contributed by atoms with Crippen LogP contribution in [0.2, 0.25) is 0 Å². The van der Waals surface area contributed by atoms with Crippen LogP contribution in [-0.4, -0.2) is 31.1 Å². The zero-order chi connectivity index (χ0) is 11.8. The third kappa shape index (κ3) is 7.58. The molecule has 0 fully saturated rings. The van der Waals surface area contributed by atoms with Gasteiger partial charge in [0.25, 0.3) is 0 Å². The van der Waals surface area contributed by atoms with E-state index in [-0.39, 0.29) is 82.1 Å². The van der Waals surface area contributed by atoms with Crippen molar-refractivity contribution < 1.29 is 92.8 Å². The maximum Gasteiger partial charge on any atom is 1.00 e. The van der Waals surface area contributed by atoms with Crippen molar-refractivity contribution >= 4 is 17.8 Å². The summed E-state index contributed by atoms with van der Waals surface area (Å²) >= 11 is 0. The van der Waals surface area contributed by atoms with Crippen LogP contribution in [0.15, 0.2) is 0 Å². The molecule has 0 atom stereocenters. The molecule has 0 aromatic heterocycles. The molecule has 6 nitrogen and oxygen atoms in total. The van der Waals surface area contributed by atoms with Crippen molar-refractivity contribution in [2.24, 2.45) is 0 Å². The molecule has 7 heteroatoms. The smallest absolute Gasteiger partial charge is 0.486 e. The predicted molar refractivity (Wildman–Crippen MR) is 50.3 cm³/mol. The SMILES string of the molecule is CCOC(=O)[C-](NC(C)=O)C(=O)OCC.[Cs+]. The fraction of sp³-hybridized carbons (Fsp3) is 0.556. The summed E-state index contributed by atoms with van der Waals surface area (Å²) in [5.41, 5.74) is 0. The van der Waals surface area contributed by atoms with Crippen molar-refractivity contribution in [3.63, 3.8) is 0 Å². The Labute approximate surface area is 153 Å². The number of hydrogen-bond donors (Lipinski definition) is 1. The van der Waals surface area contributed by atoms with E-state index >= 15 is 0 Å². The van der Waals surface area contributed by atoms with Crippen molar-refractivity contribution in [1.82, 2.24) is 5.32 Å². The summed E-state index contributed by atoms with van der Waals surface area (Å²) < 4.78 is 9.16. The van der Waals surface area contributed by atoms with Crippen LogP contribution in [0.5, 0.6) is 0 Å². The first-order valence-corrected chi connectivity index (χ1v) is 4.51. The molecule has 0 heterocycles. The first-order valence-electron chi connectivity index (χ1n) is 4.51. The van der Waals surface area contributed by atoms with Crippen molar-refractivity contribution in [2.45, 2.75) is 20.8 Å². The Balaban J connectivity index is 0. The fourth-order valence-corrected chi connectivity index (χ4v) is 0.768. The monoisotopic (exact) mass is 349 g/mol. The van der Waals surface area contributed by atoms with Gasteiger partial charge in [0.1, 0.15) is 0 Å². The molecule has 0 aliphatic rings. The molecule has 0 saturated carbocycles. The summed E-state index contributed by atoms with van der Waals surface area (Å²) in [4.78, 5) is 33.2. The van der Waals surface area contributed by atoms with Gasteiger partial charge in [-0.1, -0.05) is 6.04 Å². The number of carbonyl (C=O) groups is 3. The van der Waals surface area contributed by atoms with Gasteiger partial charge < -0.3 is 14.8 Å². The first-order chi connectivity index (χ1) is 7.02. The van der Waals surface area contributed by atoms with Gasteiger partial charge >= 0.3 is 68.9 Å². The number of ether oxygens (including phenoxy) is 2. The van der Waals surface area contributed by atoms with E-state index in [1.165, 1.54) is 6.92 Å². The van der Waals surface area contributed by atoms with Crippen molar-refractivity contribution in [1.29, 1.82) is 0 Å². The average Bonchev–Trinajstić information content (AvgIpc) is 2.14. The third-order valence-electron chi connectivity index (χ3n) is 1.26. The quantitative estimate of drug-likeness (QED) is 0.321. The molecule has 0 saturated heterocycles. The normalized spacial score (nSPS) is 8.44. The minimum atomic E-state index is -0.897. The Morgan fingerprint density at radius 3 is 1.69 bits per heavy atom. The van der Waals surface area contributed by atoms with E-state index in [0.29, 0.717) is 0 Å². The van der Waals surface area contributed by atoms with Crippen LogP contribution in [0, 0.1) is 6.04 Å². The molecule has 0 spiro atoms. The molecule has 0 radical (unpaired) electrons. The van der Waals surface area contributed by atoms with E-state index in [1.54, 1.807) is 13.8 Å². The van der Waals surface area contributed by atoms with Crippen LogP contribution in [0.4, 0.5) is 0 Å². The Bertz CT molecular complexity index is 238. The number of rotatable bonds is 5. The molecular formula is C9H14CsNO5. The zero-order valence-electron chi connectivity index (χ0n) is 9.96. The first kappa shape index (κ1) is 18.7. The zero-order valence-corrected chi connectivity index (χ0v) is 16.2. The number of carbonyl (C=O) groups excluding carboxylic acids is 3. The second-order valence-corrected chi connectivity index (χ2v) is 2.50. The van der Waals surface area contributed by atoms with Gasteiger partial charge in [0.2, 0.25) is 0 Å². The largest absolute Gasteiger partial charge is 1.00 e. The molecule has 1 amide bonds. The van der Waals surface area contributed by atoms with E-state index in [0.717, 1.165) is 0 Å². The minimum Gasteiger partial charge on any atom is -0.486 e. The molecule has 0 aliphatic carbocycles. The number of esters is 2. The summed E-state index contributed by atoms with van der Waals surface area (Å²) in [7, 11) is 0. The number of hydrogen-bond acceptors (Lipinski definition) is 5. The molecule has 0 rings (SSSR count). The molecule has 0 bridgehead atoms. The molecular weight excluding hydrogens is 335 g/mol. The van der Waals surface area contributed by atoms with Gasteiger partial charge in [-0.2, -0.15) is 0 Å². The second-order valence-electron chi connectivity index (χ2n) is 2.50. The Morgan fingerprint density at radius 2 is 1.44 bits per heavy atom. The van der Waals surface area contributed by atoms with Crippen LogP contribution >= 0.6 is 0 Å². The topological polar surface area (TPSA) is 81.7 Å². The third-order valence-corrected chi connectivity index (χ3v) is 1.26. The van der Waals surface area contributed by atoms with Gasteiger partial charge in [0.05, 0.1) is 13.2 Å². The van der Waals surface area contributed by atoms with Crippen molar-refractivity contribution in [3.8, 4) is 0 Å². The summed E-state index contributed by atoms with van der Waals surface area (Å²) in [6.07, 6.45) is 0. The van der Waals surface area contributed by atoms with E-state index in [9.17, 15) is 14.4 Å². The van der Waals surface area contributed by atoms with Crippen LogP contribution < -0.4 is 74.2 Å². The summed E-state index contributed by atoms with van der Waals surface area (Å²) in [5.74, 6) is -2.33. The fourth-order valence-electron chi connectivity index (χ4n) is 0.768. The number of nitrogens with one attached hydrogen (secondary N) is 1. The maximum atomic E-state index is 11.2. The molecule has 0 aromatic rings. The van der Waals surface area contributed by atoms with Crippen LogP contribution in [0.25, 0.3) is 0 Å². The Kier molecular flexibility index (Phi) is 12.2. The van der Waals surface area contributed by atoms with Gasteiger partial charge in [0.15, 0.2) is 17.8 Å². The minimum absolute atomic E-state index is 0. The number of amides is 1. The van der Waals surface area contributed by atoms with Gasteiger partial charge in [-0.25, -0.2) is 0 Å². The molecule has 86 valence electrons. The second kappa shape index (κ2) is 10.5. The van der Waals surface area contributed by atoms with E-state index in [1.807, 2.05) is 0 Å². The predicted octanol–water partition coefficient (Wildman–Crippen LogP) is -3.22. The Morgan fingerprint density at radius 1 is 1.06 bits per heavy atom. The summed E-state index contributed by atoms with van der Waals surface area (Å²) in [6, 6.07) is -0.494. The maximum absolute atomic E-state index is 11.2. The summed E-state index contributed by atoms with van der Waals surface area (Å²) in [6.45, 7) is 4.59. The van der Waals surface area contributed by atoms with Crippen molar-refractivity contribution in [2.75, 3.05) is 13.2 Å². The molecule has 1 N–H and O–H groups in total. The molecule has 16 heavy (non-hydrogen) atoms. The summed E-state index contributed by atoms with van der Waals surface area (Å²) in [5, 5.41) is 2.08. The molecule has 0 unspecified atom stereocenters. The van der Waals surface area contributed by atoms with Crippen molar-refractivity contribution in [3.05, 3.63) is 6.04 Å². The van der Waals surface area contributed by atoms with E-state index in [2.05, 4.69) is 14.8 Å². The van der Waals surface area contributed by atoms with Gasteiger partial charge in [-0.05, 0) is 13.8 Å². The van der Waals surface area contributed by atoms with Crippen LogP contribution in [0.3, 0.4) is 0 Å². The van der Waals surface area contributed by atoms with Gasteiger partial charge in [-0.15, -0.1) is 0 Å².